The molecule has 0 radical (unpaired) electrons. The maximum absolute atomic E-state index is 6.29. The molecule has 0 aliphatic heterocycles. The van der Waals surface area contributed by atoms with Crippen LogP contribution in [0.3, 0.4) is 0 Å². The Hall–Kier alpha value is -1.16. The van der Waals surface area contributed by atoms with Crippen LogP contribution in [0, 0.1) is 11.8 Å². The van der Waals surface area contributed by atoms with Crippen LogP contribution < -0.4 is 16.4 Å². The van der Waals surface area contributed by atoms with Crippen molar-refractivity contribution in [1.82, 2.24) is 10.6 Å². The van der Waals surface area contributed by atoms with Gasteiger partial charge in [-0.15, -0.1) is 0 Å². The maximum Gasteiger partial charge on any atom is 0.0509 e. The highest BCUT2D eigenvalue weighted by molar-refractivity contribution is 5.28. The molecular formula is C29H51N3. The van der Waals surface area contributed by atoms with Crippen LogP contribution in [0.25, 0.3) is 0 Å². The van der Waals surface area contributed by atoms with Gasteiger partial charge < -0.3 is 16.4 Å². The number of benzene rings is 1. The van der Waals surface area contributed by atoms with Crippen LogP contribution in [0.2, 0.25) is 0 Å². The van der Waals surface area contributed by atoms with E-state index < -0.39 is 0 Å². The highest BCUT2D eigenvalue weighted by Crippen LogP contribution is 2.28. The van der Waals surface area contributed by atoms with Crippen LogP contribution in [-0.2, 0) is 6.42 Å². The van der Waals surface area contributed by atoms with E-state index in [9.17, 15) is 0 Å². The van der Waals surface area contributed by atoms with E-state index in [0.717, 1.165) is 25.4 Å². The largest absolute Gasteiger partial charge is 0.327 e. The molecule has 3 heteroatoms. The molecule has 1 aromatic rings. The zero-order valence-electron chi connectivity index (χ0n) is 21.8. The molecular weight excluding hydrogens is 390 g/mol. The molecule has 1 unspecified atom stereocenters. The quantitative estimate of drug-likeness (QED) is 0.305. The molecule has 4 N–H and O–H groups in total. The lowest BCUT2D eigenvalue weighted by atomic mass is 9.85. The molecule has 1 fully saturated rings. The Morgan fingerprint density at radius 3 is 2.34 bits per heavy atom. The number of rotatable bonds is 13. The Bertz CT molecular complexity index is 664. The molecule has 182 valence electrons. The summed E-state index contributed by atoms with van der Waals surface area (Å²) in [6, 6.07) is 9.79. The summed E-state index contributed by atoms with van der Waals surface area (Å²) < 4.78 is 0. The smallest absolute Gasteiger partial charge is 0.0509 e. The van der Waals surface area contributed by atoms with Crippen molar-refractivity contribution in [2.24, 2.45) is 17.6 Å². The first-order chi connectivity index (χ1) is 15.1. The first-order valence-electron chi connectivity index (χ1n) is 13.1. The highest BCUT2D eigenvalue weighted by atomic mass is 15.0. The minimum absolute atomic E-state index is 0.0116. The van der Waals surface area contributed by atoms with Gasteiger partial charge in [-0.1, -0.05) is 81.9 Å². The van der Waals surface area contributed by atoms with Crippen molar-refractivity contribution in [2.45, 2.75) is 111 Å². The van der Waals surface area contributed by atoms with E-state index in [1.807, 2.05) is 0 Å². The predicted molar refractivity (Wildman–Crippen MR) is 141 cm³/mol. The van der Waals surface area contributed by atoms with Crippen LogP contribution in [0.1, 0.15) is 104 Å². The van der Waals surface area contributed by atoms with Crippen LogP contribution in [-0.4, -0.2) is 24.7 Å². The van der Waals surface area contributed by atoms with Crippen molar-refractivity contribution in [3.05, 3.63) is 47.0 Å². The normalized spacial score (nSPS) is 17.4. The molecule has 0 aromatic heterocycles. The number of aryl methyl sites for hydroxylation is 1. The van der Waals surface area contributed by atoms with Crippen molar-refractivity contribution >= 4 is 0 Å². The molecule has 1 aliphatic rings. The first kappa shape index (κ1) is 27.1. The Morgan fingerprint density at radius 1 is 1.09 bits per heavy atom. The van der Waals surface area contributed by atoms with E-state index in [-0.39, 0.29) is 17.6 Å². The topological polar surface area (TPSA) is 50.1 Å². The summed E-state index contributed by atoms with van der Waals surface area (Å²) in [5.41, 5.74) is 10.4. The summed E-state index contributed by atoms with van der Waals surface area (Å²) in [4.78, 5) is 0. The lowest BCUT2D eigenvalue weighted by molar-refractivity contribution is 0.334. The fourth-order valence-electron chi connectivity index (χ4n) is 4.87. The van der Waals surface area contributed by atoms with Crippen molar-refractivity contribution < 1.29 is 0 Å². The minimum Gasteiger partial charge on any atom is -0.327 e. The monoisotopic (exact) mass is 441 g/mol. The Balaban J connectivity index is 1.90. The number of nitrogens with two attached hydrogens (primary N) is 1. The second kappa shape index (κ2) is 13.5. The van der Waals surface area contributed by atoms with E-state index in [1.54, 1.807) is 0 Å². The third-order valence-corrected chi connectivity index (χ3v) is 6.79. The lowest BCUT2D eigenvalue weighted by Crippen LogP contribution is -2.52. The fourth-order valence-corrected chi connectivity index (χ4v) is 4.87. The van der Waals surface area contributed by atoms with Crippen LogP contribution in [0.5, 0.6) is 0 Å². The zero-order chi connectivity index (χ0) is 23.6. The third kappa shape index (κ3) is 10.6. The summed E-state index contributed by atoms with van der Waals surface area (Å²) in [6.07, 6.45) is 13.2. The van der Waals surface area contributed by atoms with Gasteiger partial charge in [0.05, 0.1) is 6.04 Å². The van der Waals surface area contributed by atoms with Crippen LogP contribution in [0.4, 0.5) is 0 Å². The molecule has 1 aliphatic carbocycles. The van der Waals surface area contributed by atoms with E-state index in [4.69, 9.17) is 5.73 Å². The van der Waals surface area contributed by atoms with Crippen LogP contribution in [0.15, 0.2) is 35.9 Å². The number of nitrogens with one attached hydrogen (secondary N) is 2. The molecule has 1 aromatic carbocycles. The minimum atomic E-state index is -0.0116. The second-order valence-corrected chi connectivity index (χ2v) is 11.5. The highest BCUT2D eigenvalue weighted by Gasteiger charge is 2.20. The molecule has 2 atom stereocenters. The Labute approximate surface area is 199 Å². The molecule has 32 heavy (non-hydrogen) atoms. The summed E-state index contributed by atoms with van der Waals surface area (Å²) >= 11 is 0. The SMILES string of the molecule is CC(C)=C[C@H](NCC(C)(C)NCC(N)CC(C)C)c1ccc(CCC2CCCCC2)cc1. The molecule has 0 heterocycles. The van der Waals surface area contributed by atoms with Crippen molar-refractivity contribution in [1.29, 1.82) is 0 Å². The van der Waals surface area contributed by atoms with Gasteiger partial charge in [0.15, 0.2) is 0 Å². The Morgan fingerprint density at radius 2 is 1.75 bits per heavy atom. The molecule has 0 spiro atoms. The fraction of sp³-hybridized carbons (Fsp3) is 0.724. The molecule has 0 saturated heterocycles. The summed E-state index contributed by atoms with van der Waals surface area (Å²) in [5.74, 6) is 1.59. The molecule has 0 bridgehead atoms. The molecule has 0 amide bonds. The number of hydrogen-bond donors (Lipinski definition) is 3. The molecule has 2 rings (SSSR count). The zero-order valence-corrected chi connectivity index (χ0v) is 21.8. The standard InChI is InChI=1S/C29H51N3/c1-22(2)18-27(30)20-32-29(5,6)21-31-28(19-23(3)4)26-16-14-25(15-17-26)13-12-24-10-8-7-9-11-24/h14-17,19,22,24,27-28,31-32H,7-13,18,20-21,30H2,1-6H3/t27?,28-/m0/s1. The van der Waals surface area contributed by atoms with Crippen molar-refractivity contribution in [2.75, 3.05) is 13.1 Å². The van der Waals surface area contributed by atoms with E-state index in [1.165, 1.54) is 61.6 Å². The van der Waals surface area contributed by atoms with Crippen molar-refractivity contribution in [3.63, 3.8) is 0 Å². The van der Waals surface area contributed by atoms with Gasteiger partial charge >= 0.3 is 0 Å². The summed E-state index contributed by atoms with van der Waals surface area (Å²) in [6.45, 7) is 15.1. The summed E-state index contributed by atoms with van der Waals surface area (Å²) in [7, 11) is 0. The van der Waals surface area contributed by atoms with Crippen LogP contribution >= 0.6 is 0 Å². The van der Waals surface area contributed by atoms with Gasteiger partial charge in [0.25, 0.3) is 0 Å². The first-order valence-corrected chi connectivity index (χ1v) is 13.1. The number of hydrogen-bond acceptors (Lipinski definition) is 3. The van der Waals surface area contributed by atoms with Gasteiger partial charge in [0, 0.05) is 24.7 Å². The van der Waals surface area contributed by atoms with Gasteiger partial charge in [0.1, 0.15) is 0 Å². The average Bonchev–Trinajstić information content (AvgIpc) is 2.74. The Kier molecular flexibility index (Phi) is 11.4. The second-order valence-electron chi connectivity index (χ2n) is 11.5. The van der Waals surface area contributed by atoms with E-state index in [0.29, 0.717) is 5.92 Å². The number of allylic oxidation sites excluding steroid dienone is 1. The maximum atomic E-state index is 6.29. The predicted octanol–water partition coefficient (Wildman–Crippen LogP) is 6.54. The van der Waals surface area contributed by atoms with Gasteiger partial charge in [-0.2, -0.15) is 0 Å². The van der Waals surface area contributed by atoms with Crippen molar-refractivity contribution in [3.8, 4) is 0 Å². The molecule has 3 nitrogen and oxygen atoms in total. The summed E-state index contributed by atoms with van der Waals surface area (Å²) in [5, 5.41) is 7.47. The third-order valence-electron chi connectivity index (χ3n) is 6.79. The van der Waals surface area contributed by atoms with E-state index >= 15 is 0 Å². The van der Waals surface area contributed by atoms with Gasteiger partial charge in [-0.3, -0.25) is 0 Å². The lowest BCUT2D eigenvalue weighted by Gasteiger charge is -2.31. The average molecular weight is 442 g/mol. The van der Waals surface area contributed by atoms with E-state index in [2.05, 4.69) is 82.5 Å². The molecule has 1 saturated carbocycles. The van der Waals surface area contributed by atoms with Gasteiger partial charge in [0.2, 0.25) is 0 Å². The van der Waals surface area contributed by atoms with Gasteiger partial charge in [-0.25, -0.2) is 0 Å². The van der Waals surface area contributed by atoms with Gasteiger partial charge in [-0.05, 0) is 69.9 Å².